The Balaban J connectivity index is 1.94. The van der Waals surface area contributed by atoms with E-state index in [1.165, 1.54) is 4.88 Å². The first-order chi connectivity index (χ1) is 8.13. The second-order valence-corrected chi connectivity index (χ2v) is 6.09. The number of thiophene rings is 1. The Morgan fingerprint density at radius 1 is 1.53 bits per heavy atom. The molecule has 4 nitrogen and oxygen atoms in total. The maximum absolute atomic E-state index is 4.13. The molecular weight excluding hydrogens is 300 g/mol. The first-order valence-corrected chi connectivity index (χ1v) is 7.16. The average molecular weight is 315 g/mol. The lowest BCUT2D eigenvalue weighted by Gasteiger charge is -2.04. The molecule has 0 bridgehead atoms. The molecule has 0 saturated heterocycles. The Hall–Kier alpha value is -0.720. The van der Waals surface area contributed by atoms with Gasteiger partial charge in [0, 0.05) is 27.3 Å². The van der Waals surface area contributed by atoms with Gasteiger partial charge in [-0.15, -0.1) is 16.4 Å². The Kier molecular flexibility index (Phi) is 4.31. The van der Waals surface area contributed by atoms with Crippen molar-refractivity contribution in [2.24, 2.45) is 0 Å². The molecule has 2 aromatic heterocycles. The second kappa shape index (κ2) is 5.75. The maximum atomic E-state index is 4.13. The molecule has 0 spiro atoms. The van der Waals surface area contributed by atoms with Crippen LogP contribution in [-0.4, -0.2) is 21.0 Å². The molecule has 0 amide bonds. The number of hydrogen-bond acceptors (Lipinski definition) is 4. The minimum Gasteiger partial charge on any atom is -0.309 e. The van der Waals surface area contributed by atoms with E-state index in [1.54, 1.807) is 11.3 Å². The third-order valence-electron chi connectivity index (χ3n) is 2.22. The highest BCUT2D eigenvalue weighted by molar-refractivity contribution is 9.10. The van der Waals surface area contributed by atoms with Gasteiger partial charge in [0.2, 0.25) is 0 Å². The molecule has 0 saturated carbocycles. The lowest BCUT2D eigenvalue weighted by molar-refractivity contribution is 0.580. The molecule has 0 aliphatic carbocycles. The van der Waals surface area contributed by atoms with E-state index in [-0.39, 0.29) is 0 Å². The van der Waals surface area contributed by atoms with Crippen LogP contribution in [0.25, 0.3) is 0 Å². The summed E-state index contributed by atoms with van der Waals surface area (Å²) in [6, 6.07) is 2.58. The predicted octanol–water partition coefficient (Wildman–Crippen LogP) is 2.65. The standard InChI is InChI=1S/C11H15BrN4S/c1-8(2)13-4-10-5-16(15-14-10)6-11-3-9(12)7-17-11/h3,5,7-8,13H,4,6H2,1-2H3. The van der Waals surface area contributed by atoms with Gasteiger partial charge in [0.15, 0.2) is 0 Å². The van der Waals surface area contributed by atoms with Gasteiger partial charge >= 0.3 is 0 Å². The minimum absolute atomic E-state index is 0.466. The number of halogens is 1. The van der Waals surface area contributed by atoms with E-state index >= 15 is 0 Å². The molecule has 17 heavy (non-hydrogen) atoms. The minimum atomic E-state index is 0.466. The lowest BCUT2D eigenvalue weighted by Crippen LogP contribution is -2.21. The Labute approximate surface area is 113 Å². The summed E-state index contributed by atoms with van der Waals surface area (Å²) in [4.78, 5) is 1.27. The van der Waals surface area contributed by atoms with Crippen LogP contribution in [0.4, 0.5) is 0 Å². The normalized spacial score (nSPS) is 11.3. The predicted molar refractivity (Wildman–Crippen MR) is 73.1 cm³/mol. The van der Waals surface area contributed by atoms with Gasteiger partial charge in [-0.1, -0.05) is 19.1 Å². The van der Waals surface area contributed by atoms with E-state index in [2.05, 4.69) is 56.9 Å². The van der Waals surface area contributed by atoms with Gasteiger partial charge in [-0.3, -0.25) is 0 Å². The maximum Gasteiger partial charge on any atom is 0.0965 e. The van der Waals surface area contributed by atoms with E-state index in [4.69, 9.17) is 0 Å². The average Bonchev–Trinajstić information content (AvgIpc) is 2.86. The highest BCUT2D eigenvalue weighted by Crippen LogP contribution is 2.20. The molecule has 0 unspecified atom stereocenters. The molecule has 0 aliphatic heterocycles. The van der Waals surface area contributed by atoms with Crippen LogP contribution in [0.5, 0.6) is 0 Å². The van der Waals surface area contributed by atoms with Crippen molar-refractivity contribution in [3.8, 4) is 0 Å². The zero-order valence-corrected chi connectivity index (χ0v) is 12.3. The van der Waals surface area contributed by atoms with Crippen LogP contribution in [0.3, 0.4) is 0 Å². The van der Waals surface area contributed by atoms with Gasteiger partial charge in [-0.05, 0) is 22.0 Å². The summed E-state index contributed by atoms with van der Waals surface area (Å²) in [6.07, 6.45) is 1.99. The molecule has 2 aromatic rings. The van der Waals surface area contributed by atoms with Crippen molar-refractivity contribution in [3.63, 3.8) is 0 Å². The summed E-state index contributed by atoms with van der Waals surface area (Å²) >= 11 is 5.17. The fraction of sp³-hybridized carbons (Fsp3) is 0.455. The molecule has 6 heteroatoms. The number of nitrogens with zero attached hydrogens (tertiary/aromatic N) is 3. The van der Waals surface area contributed by atoms with Crippen molar-refractivity contribution in [3.05, 3.63) is 32.7 Å². The van der Waals surface area contributed by atoms with Crippen LogP contribution in [0.1, 0.15) is 24.4 Å². The summed E-state index contributed by atoms with van der Waals surface area (Å²) < 4.78 is 3.00. The molecule has 0 fully saturated rings. The molecule has 92 valence electrons. The third-order valence-corrected chi connectivity index (χ3v) is 3.90. The van der Waals surface area contributed by atoms with Crippen LogP contribution in [0, 0.1) is 0 Å². The first-order valence-electron chi connectivity index (χ1n) is 5.49. The topological polar surface area (TPSA) is 42.7 Å². The molecule has 0 aromatic carbocycles. The van der Waals surface area contributed by atoms with E-state index in [0.29, 0.717) is 6.04 Å². The second-order valence-electron chi connectivity index (χ2n) is 4.17. The van der Waals surface area contributed by atoms with Gasteiger partial charge in [0.25, 0.3) is 0 Å². The molecule has 2 heterocycles. The highest BCUT2D eigenvalue weighted by Gasteiger charge is 2.03. The molecule has 2 rings (SSSR count). The number of aromatic nitrogens is 3. The smallest absolute Gasteiger partial charge is 0.0965 e. The first kappa shape index (κ1) is 12.7. The zero-order chi connectivity index (χ0) is 12.3. The third kappa shape index (κ3) is 3.90. The van der Waals surface area contributed by atoms with Gasteiger partial charge in [-0.25, -0.2) is 4.68 Å². The fourth-order valence-electron chi connectivity index (χ4n) is 1.40. The van der Waals surface area contributed by atoms with Crippen LogP contribution in [-0.2, 0) is 13.1 Å². The van der Waals surface area contributed by atoms with Crippen molar-refractivity contribution < 1.29 is 0 Å². The summed E-state index contributed by atoms with van der Waals surface area (Å²) in [7, 11) is 0. The Morgan fingerprint density at radius 3 is 3.00 bits per heavy atom. The summed E-state index contributed by atoms with van der Waals surface area (Å²) in [5.74, 6) is 0. The number of hydrogen-bond donors (Lipinski definition) is 1. The van der Waals surface area contributed by atoms with Gasteiger partial charge < -0.3 is 5.32 Å². The van der Waals surface area contributed by atoms with Gasteiger partial charge in [0.05, 0.1) is 18.4 Å². The molecule has 0 aliphatic rings. The lowest BCUT2D eigenvalue weighted by atomic mass is 10.3. The van der Waals surface area contributed by atoms with E-state index in [1.807, 2.05) is 10.9 Å². The van der Waals surface area contributed by atoms with Crippen LogP contribution >= 0.6 is 27.3 Å². The van der Waals surface area contributed by atoms with Crippen LogP contribution in [0.2, 0.25) is 0 Å². The largest absolute Gasteiger partial charge is 0.309 e. The molecule has 0 atom stereocenters. The Bertz CT molecular complexity index is 477. The quantitative estimate of drug-likeness (QED) is 0.922. The molecular formula is C11H15BrN4S. The Morgan fingerprint density at radius 2 is 2.35 bits per heavy atom. The van der Waals surface area contributed by atoms with E-state index < -0.39 is 0 Å². The van der Waals surface area contributed by atoms with Crippen LogP contribution < -0.4 is 5.32 Å². The fourth-order valence-corrected chi connectivity index (χ4v) is 2.84. The van der Waals surface area contributed by atoms with E-state index in [0.717, 1.165) is 23.3 Å². The van der Waals surface area contributed by atoms with E-state index in [9.17, 15) is 0 Å². The van der Waals surface area contributed by atoms with Crippen molar-refractivity contribution >= 4 is 27.3 Å². The number of rotatable bonds is 5. The van der Waals surface area contributed by atoms with Gasteiger partial charge in [-0.2, -0.15) is 0 Å². The SMILES string of the molecule is CC(C)NCc1cn(Cc2cc(Br)cs2)nn1. The molecule has 0 radical (unpaired) electrons. The summed E-state index contributed by atoms with van der Waals surface area (Å²) in [5.41, 5.74) is 0.981. The zero-order valence-electron chi connectivity index (χ0n) is 9.85. The number of nitrogens with one attached hydrogen (secondary N) is 1. The van der Waals surface area contributed by atoms with Crippen molar-refractivity contribution in [2.75, 3.05) is 0 Å². The van der Waals surface area contributed by atoms with Crippen molar-refractivity contribution in [1.82, 2.24) is 20.3 Å². The van der Waals surface area contributed by atoms with Gasteiger partial charge in [0.1, 0.15) is 0 Å². The highest BCUT2D eigenvalue weighted by atomic mass is 79.9. The van der Waals surface area contributed by atoms with Crippen LogP contribution in [0.15, 0.2) is 22.1 Å². The molecule has 1 N–H and O–H groups in total. The summed E-state index contributed by atoms with van der Waals surface area (Å²) in [5, 5.41) is 13.7. The van der Waals surface area contributed by atoms with Crippen molar-refractivity contribution in [2.45, 2.75) is 33.0 Å². The van der Waals surface area contributed by atoms with Crippen molar-refractivity contribution in [1.29, 1.82) is 0 Å². The summed E-state index contributed by atoms with van der Waals surface area (Å²) in [6.45, 7) is 5.79. The monoisotopic (exact) mass is 314 g/mol.